The summed E-state index contributed by atoms with van der Waals surface area (Å²) in [5.41, 5.74) is -0.846. The molecule has 1 aliphatic rings. The number of ketones is 1. The summed E-state index contributed by atoms with van der Waals surface area (Å²) >= 11 is 12.2. The fourth-order valence-electron chi connectivity index (χ4n) is 5.46. The third-order valence-corrected chi connectivity index (χ3v) is 11.8. The van der Waals surface area contributed by atoms with Crippen molar-refractivity contribution in [1.82, 2.24) is 29.9 Å². The maximum atomic E-state index is 14.1. The van der Waals surface area contributed by atoms with E-state index in [1.165, 1.54) is 19.1 Å². The number of halogens is 2. The monoisotopic (exact) mass is 987 g/mol. The van der Waals surface area contributed by atoms with Crippen LogP contribution in [0.5, 0.6) is 6.01 Å². The van der Waals surface area contributed by atoms with E-state index in [1.807, 2.05) is 0 Å². The van der Waals surface area contributed by atoms with E-state index < -0.39 is 111 Å². The van der Waals surface area contributed by atoms with Gasteiger partial charge in [0.25, 0.3) is 40.5 Å². The van der Waals surface area contributed by atoms with Crippen molar-refractivity contribution in [2.45, 2.75) is 41.6 Å². The lowest BCUT2D eigenvalue weighted by Crippen LogP contribution is -2.28. The quantitative estimate of drug-likeness (QED) is 0.0567. The summed E-state index contributed by atoms with van der Waals surface area (Å²) in [6, 6.07) is 8.03. The highest BCUT2D eigenvalue weighted by Gasteiger charge is 2.36. The van der Waals surface area contributed by atoms with Crippen molar-refractivity contribution in [2.75, 3.05) is 21.4 Å². The zero-order chi connectivity index (χ0) is 46.4. The first kappa shape index (κ1) is 46.5. The second-order valence-electron chi connectivity index (χ2n) is 13.0. The second kappa shape index (κ2) is 17.3. The molecule has 0 spiro atoms. The lowest BCUT2D eigenvalue weighted by atomic mass is 9.93. The van der Waals surface area contributed by atoms with Crippen molar-refractivity contribution < 1.29 is 61.4 Å². The molecule has 6 rings (SSSR count). The molecule has 25 nitrogen and oxygen atoms in total. The van der Waals surface area contributed by atoms with Crippen LogP contribution in [0.25, 0.3) is 6.08 Å². The molecule has 0 unspecified atom stereocenters. The number of carbonyl (C=O) groups excluding carboxylic acids is 1. The zero-order valence-corrected chi connectivity index (χ0v) is 36.4. The van der Waals surface area contributed by atoms with Crippen molar-refractivity contribution in [3.05, 3.63) is 80.7 Å². The minimum absolute atomic E-state index is 0.0137. The van der Waals surface area contributed by atoms with E-state index in [1.54, 1.807) is 13.8 Å². The Kier molecular flexibility index (Phi) is 12.7. The van der Waals surface area contributed by atoms with Gasteiger partial charge in [-0.2, -0.15) is 68.7 Å². The predicted molar refractivity (Wildman–Crippen MR) is 224 cm³/mol. The number of carbonyl (C=O) groups is 1. The van der Waals surface area contributed by atoms with Crippen LogP contribution in [0.15, 0.2) is 73.2 Å². The molecule has 2 heterocycles. The number of Topliss-reactive ketones (excluding diaryl/α,β-unsaturated/α-hetero) is 1. The molecule has 0 radical (unpaired) electrons. The lowest BCUT2D eigenvalue weighted by Gasteiger charge is -2.20. The first-order chi connectivity index (χ1) is 29.1. The van der Waals surface area contributed by atoms with Crippen LogP contribution in [0.3, 0.4) is 0 Å². The number of allylic oxidation sites excluding steroid dienone is 1. The third kappa shape index (κ3) is 11.1. The standard InChI is InChI=1S/C32H27Cl2N11O14S4/c1-13(2)59-32-41-28(34)40-31(43-32)36-19-11-16(5-7-21(19)61(50,51)52)35-29-38-27(33)39-30(42-29)37-20-12-17(60(47,48)49)9-15-10-23(63(56,57)58)25(26(46)24(15)20)45-44-18-6-4-14(3)8-22(18)62(53,54)55/h4-13,44H,1-3H3,(H,47,48,49)(H,50,51,52)(H,53,54,55)(H,56,57,58)(H,36,40,41,43)(H2,35,37,38,39,42)/b45-25+. The number of anilines is 7. The van der Waals surface area contributed by atoms with Crippen molar-refractivity contribution in [3.8, 4) is 6.01 Å². The van der Waals surface area contributed by atoms with E-state index in [0.717, 1.165) is 30.3 Å². The summed E-state index contributed by atoms with van der Waals surface area (Å²) in [5.74, 6) is -2.56. The van der Waals surface area contributed by atoms with Gasteiger partial charge in [-0.15, -0.1) is 0 Å². The second-order valence-corrected chi connectivity index (χ2v) is 19.2. The number of aryl methyl sites for hydroxylation is 1. The molecule has 0 aliphatic heterocycles. The Morgan fingerprint density at radius 2 is 1.25 bits per heavy atom. The number of nitrogens with zero attached hydrogens (tertiary/aromatic N) is 7. The number of nitrogens with one attached hydrogen (secondary N) is 4. The highest BCUT2D eigenvalue weighted by atomic mass is 35.5. The number of benzene rings is 3. The molecule has 63 heavy (non-hydrogen) atoms. The van der Waals surface area contributed by atoms with E-state index in [4.69, 9.17) is 27.9 Å². The molecule has 0 bridgehead atoms. The fraction of sp³-hybridized carbons (Fsp3) is 0.125. The topological polar surface area (TPSA) is 382 Å². The number of rotatable bonds is 14. The number of ether oxygens (including phenoxy) is 1. The van der Waals surface area contributed by atoms with E-state index in [0.29, 0.717) is 17.7 Å². The minimum Gasteiger partial charge on any atom is -0.461 e. The van der Waals surface area contributed by atoms with E-state index in [9.17, 15) is 56.7 Å². The van der Waals surface area contributed by atoms with Crippen LogP contribution in [0, 0.1) is 6.92 Å². The number of hydrogen-bond acceptors (Lipinski definition) is 21. The lowest BCUT2D eigenvalue weighted by molar-refractivity contribution is 0.106. The molecule has 0 saturated carbocycles. The Morgan fingerprint density at radius 1 is 0.651 bits per heavy atom. The number of hydrogen-bond donors (Lipinski definition) is 8. The van der Waals surface area contributed by atoms with Gasteiger partial charge in [-0.25, -0.2) is 0 Å². The van der Waals surface area contributed by atoms with E-state index >= 15 is 0 Å². The SMILES string of the molecule is Cc1ccc(N/N=C2/C(=O)c3c(cc(S(=O)(=O)O)cc3Nc3nc(Cl)nc(Nc4ccc(S(=O)(=O)O)c(Nc5nc(Cl)nc(OC(C)C)n5)c4)n3)C=C2S(=O)(=O)O)c(S(=O)(=O)O)c1. The average Bonchev–Trinajstić information content (AvgIpc) is 3.12. The largest absolute Gasteiger partial charge is 0.461 e. The van der Waals surface area contributed by atoms with Gasteiger partial charge in [-0.3, -0.25) is 28.4 Å². The summed E-state index contributed by atoms with van der Waals surface area (Å²) in [6.07, 6.45) is 0.240. The molecule has 2 aromatic heterocycles. The van der Waals surface area contributed by atoms with Crippen LogP contribution in [0.1, 0.15) is 35.3 Å². The highest BCUT2D eigenvalue weighted by Crippen LogP contribution is 2.36. The van der Waals surface area contributed by atoms with Gasteiger partial charge in [0.15, 0.2) is 5.71 Å². The van der Waals surface area contributed by atoms with Gasteiger partial charge >= 0.3 is 6.01 Å². The highest BCUT2D eigenvalue weighted by molar-refractivity contribution is 7.91. The summed E-state index contributed by atoms with van der Waals surface area (Å²) in [6.45, 7) is 4.85. The normalized spacial score (nSPS) is 14.0. The van der Waals surface area contributed by atoms with Crippen molar-refractivity contribution in [1.29, 1.82) is 0 Å². The zero-order valence-electron chi connectivity index (χ0n) is 31.7. The smallest absolute Gasteiger partial charge is 0.322 e. The van der Waals surface area contributed by atoms with Gasteiger partial charge in [-0.1, -0.05) is 6.07 Å². The minimum atomic E-state index is -5.36. The molecule has 1 aliphatic carbocycles. The van der Waals surface area contributed by atoms with Gasteiger partial charge in [0.2, 0.25) is 34.2 Å². The van der Waals surface area contributed by atoms with Crippen LogP contribution in [0.4, 0.5) is 40.6 Å². The molecule has 0 atom stereocenters. The van der Waals surface area contributed by atoms with Gasteiger partial charge in [-0.05, 0) is 104 Å². The molecule has 332 valence electrons. The molecular weight excluding hydrogens is 962 g/mol. The molecule has 0 saturated heterocycles. The summed E-state index contributed by atoms with van der Waals surface area (Å²) in [5, 5.41) is 10.7. The number of aromatic nitrogens is 6. The van der Waals surface area contributed by atoms with Crippen LogP contribution in [-0.4, -0.2) is 99.4 Å². The van der Waals surface area contributed by atoms with E-state index in [-0.39, 0.29) is 34.7 Å². The third-order valence-electron chi connectivity index (χ3n) is 7.93. The van der Waals surface area contributed by atoms with Gasteiger partial charge in [0.05, 0.1) is 33.6 Å². The maximum absolute atomic E-state index is 14.1. The first-order valence-corrected chi connectivity index (χ1v) is 23.4. The first-order valence-electron chi connectivity index (χ1n) is 16.9. The van der Waals surface area contributed by atoms with Crippen LogP contribution >= 0.6 is 23.2 Å². The Labute approximate surface area is 366 Å². The van der Waals surface area contributed by atoms with Gasteiger partial charge in [0, 0.05) is 5.69 Å². The molecule has 3 aromatic carbocycles. The van der Waals surface area contributed by atoms with Crippen molar-refractivity contribution in [3.63, 3.8) is 0 Å². The number of hydrazone groups is 1. The van der Waals surface area contributed by atoms with Crippen LogP contribution in [0.2, 0.25) is 10.6 Å². The molecule has 8 N–H and O–H groups in total. The van der Waals surface area contributed by atoms with Gasteiger partial charge in [0.1, 0.15) is 14.7 Å². The molecule has 0 amide bonds. The van der Waals surface area contributed by atoms with Gasteiger partial charge < -0.3 is 20.7 Å². The maximum Gasteiger partial charge on any atom is 0.322 e. The van der Waals surface area contributed by atoms with Crippen LogP contribution < -0.4 is 26.1 Å². The summed E-state index contributed by atoms with van der Waals surface area (Å²) in [4.78, 5) is 34.4. The molecule has 31 heteroatoms. The average molecular weight is 989 g/mol. The summed E-state index contributed by atoms with van der Waals surface area (Å²) in [7, 11) is -20.3. The Hall–Kier alpha value is -6.02. The molecule has 5 aromatic rings. The molecular formula is C32H27Cl2N11O14S4. The number of fused-ring (bicyclic) bond motifs is 1. The summed E-state index contributed by atoms with van der Waals surface area (Å²) < 4.78 is 144. The fourth-order valence-corrected chi connectivity index (χ4v) is 8.33. The predicted octanol–water partition coefficient (Wildman–Crippen LogP) is 4.32. The van der Waals surface area contributed by atoms with E-state index in [2.05, 4.69) is 56.4 Å². The van der Waals surface area contributed by atoms with Crippen molar-refractivity contribution in [2.24, 2.45) is 5.10 Å². The Balaban J connectivity index is 1.41. The molecule has 0 fully saturated rings. The Morgan fingerprint density at radius 3 is 1.86 bits per heavy atom. The van der Waals surface area contributed by atoms with Crippen LogP contribution in [-0.2, 0) is 40.5 Å². The van der Waals surface area contributed by atoms with Crippen molar-refractivity contribution >= 4 is 122 Å². The Bertz CT molecular complexity index is 3270.